The summed E-state index contributed by atoms with van der Waals surface area (Å²) in [7, 11) is 0. The molecular formula is C43H39ClF8N8O4. The molecule has 0 bridgehead atoms. The van der Waals surface area contributed by atoms with Gasteiger partial charge in [-0.15, -0.1) is 32.8 Å². The van der Waals surface area contributed by atoms with Gasteiger partial charge in [0.25, 0.3) is 11.8 Å². The lowest BCUT2D eigenvalue weighted by Gasteiger charge is -2.40. The van der Waals surface area contributed by atoms with Crippen LogP contribution in [0.1, 0.15) is 49.1 Å². The van der Waals surface area contributed by atoms with Gasteiger partial charge in [-0.3, -0.25) is 9.59 Å². The lowest BCUT2D eigenvalue weighted by molar-refractivity contribution is -0.127. The van der Waals surface area contributed by atoms with E-state index in [4.69, 9.17) is 8.83 Å². The molecular weight excluding hydrogens is 880 g/mol. The predicted octanol–water partition coefficient (Wildman–Crippen LogP) is 8.95. The number of carbonyl (C=O) groups is 2. The fourth-order valence-corrected chi connectivity index (χ4v) is 6.85. The van der Waals surface area contributed by atoms with E-state index >= 15 is 0 Å². The van der Waals surface area contributed by atoms with Gasteiger partial charge in [0.2, 0.25) is 23.6 Å². The normalized spacial score (nSPS) is 14.0. The van der Waals surface area contributed by atoms with Gasteiger partial charge in [0.1, 0.15) is 23.3 Å². The van der Waals surface area contributed by atoms with Crippen LogP contribution in [0.4, 0.5) is 46.5 Å². The number of nitrogens with one attached hydrogen (secondary N) is 1. The molecule has 21 heteroatoms. The largest absolute Gasteiger partial charge is 0.415 e. The van der Waals surface area contributed by atoms with E-state index in [0.29, 0.717) is 37.6 Å². The molecule has 2 fully saturated rings. The van der Waals surface area contributed by atoms with E-state index in [0.717, 1.165) is 25.1 Å². The second-order valence-corrected chi connectivity index (χ2v) is 14.7. The number of alkyl halides is 4. The monoisotopic (exact) mass is 918 g/mol. The average molecular weight is 919 g/mol. The van der Waals surface area contributed by atoms with Gasteiger partial charge >= 0.3 is 12.9 Å². The topological polar surface area (TPSA) is 134 Å². The Kier molecular flexibility index (Phi) is 15.5. The maximum absolute atomic E-state index is 14.9. The quantitative estimate of drug-likeness (QED) is 0.106. The van der Waals surface area contributed by atoms with Crippen LogP contribution in [0.3, 0.4) is 0 Å². The van der Waals surface area contributed by atoms with Gasteiger partial charge in [-0.05, 0) is 73.6 Å². The fourth-order valence-electron chi connectivity index (χ4n) is 6.85. The molecule has 2 aliphatic rings. The second kappa shape index (κ2) is 21.0. The standard InChI is InChI=1S/C23H22F4N4O2.C20H16F4N4O2.ClH/c1-2-8-30-11-16(12-30)23(32)31(18-5-3-4-17(24)10-18)13-15-7-6-14(9-19(15)25)21-28-29-22(33-21)20(26)27;21-14-2-1-3-15(7-14)28(20(29)13-8-25-9-13)10-12-5-4-11(6-16(12)22)18-26-27-19(30-18)17(23)24;/h3-7,9-10,16,20H,2,8,11-13H2,1H3;1-7,13,17,25H,8-10H2;1H. The van der Waals surface area contributed by atoms with Crippen molar-refractivity contribution in [1.82, 2.24) is 30.6 Å². The Morgan fingerprint density at radius 1 is 0.672 bits per heavy atom. The number of anilines is 2. The molecule has 0 spiro atoms. The third kappa shape index (κ3) is 11.1. The van der Waals surface area contributed by atoms with Gasteiger partial charge in [-0.2, -0.15) is 17.6 Å². The Morgan fingerprint density at radius 3 is 1.48 bits per heavy atom. The number of carbonyl (C=O) groups excluding carboxylic acids is 2. The smallest absolute Gasteiger partial charge is 0.314 e. The van der Waals surface area contributed by atoms with Gasteiger partial charge in [0.15, 0.2) is 0 Å². The summed E-state index contributed by atoms with van der Waals surface area (Å²) in [6.45, 7) is 4.90. The average Bonchev–Trinajstić information content (AvgIpc) is 3.93. The van der Waals surface area contributed by atoms with Crippen molar-refractivity contribution < 1.29 is 53.5 Å². The van der Waals surface area contributed by atoms with Crippen molar-refractivity contribution >= 4 is 35.6 Å². The van der Waals surface area contributed by atoms with Crippen LogP contribution in [0.5, 0.6) is 0 Å². The minimum Gasteiger partial charge on any atom is -0.415 e. The number of nitrogens with zero attached hydrogens (tertiary/aromatic N) is 7. The van der Waals surface area contributed by atoms with Crippen LogP contribution in [0, 0.1) is 35.1 Å². The maximum atomic E-state index is 14.9. The molecule has 2 saturated heterocycles. The second-order valence-electron chi connectivity index (χ2n) is 14.7. The molecule has 2 amide bonds. The first kappa shape index (κ1) is 47.2. The molecule has 4 heterocycles. The molecule has 2 aliphatic heterocycles. The first-order valence-electron chi connectivity index (χ1n) is 19.7. The van der Waals surface area contributed by atoms with Crippen molar-refractivity contribution in [2.24, 2.45) is 11.8 Å². The van der Waals surface area contributed by atoms with Crippen LogP contribution in [0.2, 0.25) is 0 Å². The number of hydrogen-bond donors (Lipinski definition) is 1. The number of aromatic nitrogens is 4. The van der Waals surface area contributed by atoms with E-state index in [2.05, 4.69) is 37.5 Å². The molecule has 6 aromatic rings. The van der Waals surface area contributed by atoms with Crippen molar-refractivity contribution in [1.29, 1.82) is 0 Å². The summed E-state index contributed by atoms with van der Waals surface area (Å²) < 4.78 is 118. The van der Waals surface area contributed by atoms with Crippen LogP contribution < -0.4 is 15.1 Å². The molecule has 0 radical (unpaired) electrons. The molecule has 0 aliphatic carbocycles. The summed E-state index contributed by atoms with van der Waals surface area (Å²) in [5, 5.41) is 16.5. The summed E-state index contributed by atoms with van der Waals surface area (Å²) in [5.41, 5.74) is 1.24. The molecule has 338 valence electrons. The van der Waals surface area contributed by atoms with Gasteiger partial charge < -0.3 is 28.9 Å². The highest BCUT2D eigenvalue weighted by Gasteiger charge is 2.36. The first-order valence-corrected chi connectivity index (χ1v) is 19.7. The summed E-state index contributed by atoms with van der Waals surface area (Å²) in [6, 6.07) is 18.9. The highest BCUT2D eigenvalue weighted by atomic mass is 35.5. The van der Waals surface area contributed by atoms with E-state index in [-0.39, 0.29) is 83.2 Å². The summed E-state index contributed by atoms with van der Waals surface area (Å²) >= 11 is 0. The van der Waals surface area contributed by atoms with Crippen molar-refractivity contribution in [3.05, 3.63) is 131 Å². The van der Waals surface area contributed by atoms with Crippen LogP contribution in [0.15, 0.2) is 93.8 Å². The van der Waals surface area contributed by atoms with Crippen molar-refractivity contribution in [2.45, 2.75) is 39.3 Å². The third-order valence-corrected chi connectivity index (χ3v) is 10.3. The number of hydrogen-bond acceptors (Lipinski definition) is 10. The molecule has 0 atom stereocenters. The van der Waals surface area contributed by atoms with Gasteiger partial charge in [0.05, 0.1) is 24.9 Å². The van der Waals surface area contributed by atoms with Crippen LogP contribution in [0.25, 0.3) is 22.9 Å². The molecule has 1 N–H and O–H groups in total. The first-order chi connectivity index (χ1) is 30.3. The summed E-state index contributed by atoms with van der Waals surface area (Å²) in [5.74, 6) is -5.57. The van der Waals surface area contributed by atoms with Crippen LogP contribution in [-0.4, -0.2) is 69.8 Å². The molecule has 2 aromatic heterocycles. The van der Waals surface area contributed by atoms with Crippen molar-refractivity contribution in [3.63, 3.8) is 0 Å². The molecule has 8 rings (SSSR count). The zero-order chi connectivity index (χ0) is 44.8. The van der Waals surface area contributed by atoms with Gasteiger partial charge in [-0.1, -0.05) is 31.2 Å². The molecule has 4 aromatic carbocycles. The Hall–Kier alpha value is -6.25. The lowest BCUT2D eigenvalue weighted by atomic mass is 9.97. The van der Waals surface area contributed by atoms with Crippen LogP contribution >= 0.6 is 12.4 Å². The van der Waals surface area contributed by atoms with E-state index in [1.165, 1.54) is 70.5 Å². The van der Waals surface area contributed by atoms with E-state index in [1.807, 2.05) is 0 Å². The van der Waals surface area contributed by atoms with Crippen molar-refractivity contribution in [2.75, 3.05) is 42.5 Å². The minimum atomic E-state index is -2.93. The Balaban J connectivity index is 0.000000210. The molecule has 64 heavy (non-hydrogen) atoms. The molecule has 0 unspecified atom stereocenters. The maximum Gasteiger partial charge on any atom is 0.314 e. The Bertz CT molecular complexity index is 2550. The highest BCUT2D eigenvalue weighted by molar-refractivity contribution is 5.96. The van der Waals surface area contributed by atoms with E-state index in [9.17, 15) is 44.7 Å². The lowest BCUT2D eigenvalue weighted by Crippen LogP contribution is -2.54. The highest BCUT2D eigenvalue weighted by Crippen LogP contribution is 2.30. The van der Waals surface area contributed by atoms with Crippen molar-refractivity contribution in [3.8, 4) is 22.9 Å². The molecule has 0 saturated carbocycles. The van der Waals surface area contributed by atoms with E-state index in [1.54, 1.807) is 12.1 Å². The Labute approximate surface area is 366 Å². The predicted molar refractivity (Wildman–Crippen MR) is 218 cm³/mol. The zero-order valence-corrected chi connectivity index (χ0v) is 34.6. The minimum absolute atomic E-state index is 0. The number of rotatable bonds is 14. The summed E-state index contributed by atoms with van der Waals surface area (Å²) in [6.07, 6.45) is -4.88. The van der Waals surface area contributed by atoms with Gasteiger partial charge in [0, 0.05) is 59.8 Å². The Morgan fingerprint density at radius 2 is 1.12 bits per heavy atom. The zero-order valence-electron chi connectivity index (χ0n) is 33.7. The number of amides is 2. The van der Waals surface area contributed by atoms with Crippen LogP contribution in [-0.2, 0) is 22.7 Å². The third-order valence-electron chi connectivity index (χ3n) is 10.3. The van der Waals surface area contributed by atoms with E-state index < -0.39 is 47.9 Å². The fraction of sp³-hybridized carbons (Fsp3) is 0.302. The molecule has 12 nitrogen and oxygen atoms in total. The SMILES string of the molecule is CCCN1CC(C(=O)N(Cc2ccc(-c3nnc(C(F)F)o3)cc2F)c2cccc(F)c2)C1.Cl.O=C(C1CNC1)N(Cc1ccc(-c2nnc(C(F)F)o2)cc1F)c1cccc(F)c1. The number of likely N-dealkylation sites (tertiary alicyclic amines) is 1. The summed E-state index contributed by atoms with van der Waals surface area (Å²) in [4.78, 5) is 30.9. The van der Waals surface area contributed by atoms with Gasteiger partial charge in [-0.25, -0.2) is 17.6 Å². The number of halogens is 9. The number of benzene rings is 4.